The van der Waals surface area contributed by atoms with Crippen LogP contribution in [0.25, 0.3) is 11.2 Å². The van der Waals surface area contributed by atoms with Gasteiger partial charge in [0.1, 0.15) is 18.3 Å². The van der Waals surface area contributed by atoms with Crippen molar-refractivity contribution >= 4 is 27.1 Å². The van der Waals surface area contributed by atoms with E-state index in [2.05, 4.69) is 25.9 Å². The standard InChI is InChI=1S/C10H11BrN4O6/c11-9-12-3-6(13-10(20)14-7(3)19)15(9)8-5(18)4(17)2(1-16)21-8/h2,4-5,8,16-18H,1H2,(H2,13,14,19,20)/t2-,4+,5-,8+/m0/s1. The molecule has 3 heterocycles. The Morgan fingerprint density at radius 3 is 2.62 bits per heavy atom. The molecular weight excluding hydrogens is 352 g/mol. The molecule has 2 aromatic heterocycles. The number of imidazole rings is 1. The van der Waals surface area contributed by atoms with Gasteiger partial charge in [0.15, 0.2) is 22.1 Å². The molecule has 21 heavy (non-hydrogen) atoms. The van der Waals surface area contributed by atoms with E-state index in [1.165, 1.54) is 4.57 Å². The Labute approximate surface area is 124 Å². The molecule has 1 aliphatic rings. The van der Waals surface area contributed by atoms with E-state index in [9.17, 15) is 19.8 Å². The third-order valence-corrected chi connectivity index (χ3v) is 3.87. The number of ether oxygens (including phenoxy) is 1. The molecule has 0 unspecified atom stereocenters. The summed E-state index contributed by atoms with van der Waals surface area (Å²) in [6.45, 7) is -0.490. The van der Waals surface area contributed by atoms with E-state index in [0.29, 0.717) is 0 Å². The first kappa shape index (κ1) is 14.4. The van der Waals surface area contributed by atoms with Gasteiger partial charge in [0.25, 0.3) is 5.56 Å². The van der Waals surface area contributed by atoms with Crippen molar-refractivity contribution in [1.29, 1.82) is 0 Å². The van der Waals surface area contributed by atoms with Crippen LogP contribution in [0.3, 0.4) is 0 Å². The van der Waals surface area contributed by atoms with Gasteiger partial charge in [-0.2, -0.15) is 0 Å². The number of rotatable bonds is 2. The van der Waals surface area contributed by atoms with E-state index >= 15 is 0 Å². The predicted molar refractivity (Wildman–Crippen MR) is 71.7 cm³/mol. The summed E-state index contributed by atoms with van der Waals surface area (Å²) in [6.07, 6.45) is -4.77. The Balaban J connectivity index is 2.19. The zero-order chi connectivity index (χ0) is 15.3. The van der Waals surface area contributed by atoms with Crippen molar-refractivity contribution in [3.05, 3.63) is 25.6 Å². The van der Waals surface area contributed by atoms with Crippen LogP contribution in [0.2, 0.25) is 0 Å². The molecule has 0 radical (unpaired) electrons. The minimum absolute atomic E-state index is 0.0328. The Morgan fingerprint density at radius 1 is 1.29 bits per heavy atom. The summed E-state index contributed by atoms with van der Waals surface area (Å²) in [5.41, 5.74) is -1.46. The van der Waals surface area contributed by atoms with E-state index in [0.717, 1.165) is 0 Å². The summed E-state index contributed by atoms with van der Waals surface area (Å²) in [5.74, 6) is 0. The van der Waals surface area contributed by atoms with Crippen LogP contribution in [0, 0.1) is 0 Å². The first-order valence-corrected chi connectivity index (χ1v) is 6.76. The molecule has 1 saturated heterocycles. The van der Waals surface area contributed by atoms with E-state index in [-0.39, 0.29) is 15.9 Å². The zero-order valence-corrected chi connectivity index (χ0v) is 11.9. The number of aliphatic hydroxyl groups excluding tert-OH is 3. The van der Waals surface area contributed by atoms with Gasteiger partial charge in [-0.05, 0) is 15.9 Å². The topological polar surface area (TPSA) is 153 Å². The molecule has 114 valence electrons. The number of hydrogen-bond donors (Lipinski definition) is 5. The van der Waals surface area contributed by atoms with Gasteiger partial charge in [-0.25, -0.2) is 9.78 Å². The van der Waals surface area contributed by atoms with Gasteiger partial charge < -0.3 is 20.1 Å². The highest BCUT2D eigenvalue weighted by molar-refractivity contribution is 9.10. The lowest BCUT2D eigenvalue weighted by atomic mass is 10.1. The number of fused-ring (bicyclic) bond motifs is 1. The predicted octanol–water partition coefficient (Wildman–Crippen LogP) is -2.21. The fraction of sp³-hybridized carbons (Fsp3) is 0.500. The minimum atomic E-state index is -1.36. The molecule has 5 N–H and O–H groups in total. The largest absolute Gasteiger partial charge is 0.394 e. The van der Waals surface area contributed by atoms with Crippen LogP contribution in [-0.4, -0.2) is 59.8 Å². The van der Waals surface area contributed by atoms with Crippen molar-refractivity contribution in [3.63, 3.8) is 0 Å². The molecule has 2 aromatic rings. The second-order valence-electron chi connectivity index (χ2n) is 4.59. The molecule has 0 amide bonds. The number of nitrogens with one attached hydrogen (secondary N) is 2. The number of nitrogens with zero attached hydrogens (tertiary/aromatic N) is 2. The lowest BCUT2D eigenvalue weighted by Gasteiger charge is -2.17. The molecule has 0 bridgehead atoms. The van der Waals surface area contributed by atoms with Gasteiger partial charge in [0.05, 0.1) is 6.61 Å². The van der Waals surface area contributed by atoms with Crippen molar-refractivity contribution in [2.45, 2.75) is 24.5 Å². The lowest BCUT2D eigenvalue weighted by molar-refractivity contribution is -0.0521. The molecule has 4 atom stereocenters. The molecule has 0 saturated carbocycles. The second kappa shape index (κ2) is 5.03. The molecule has 0 aliphatic carbocycles. The summed E-state index contributed by atoms with van der Waals surface area (Å²) in [6, 6.07) is 0. The van der Waals surface area contributed by atoms with Crippen LogP contribution in [0.15, 0.2) is 14.3 Å². The minimum Gasteiger partial charge on any atom is -0.394 e. The number of aromatic amines is 2. The summed E-state index contributed by atoms with van der Waals surface area (Å²) < 4.78 is 6.71. The highest BCUT2D eigenvalue weighted by Crippen LogP contribution is 2.33. The molecule has 0 aromatic carbocycles. The molecule has 11 heteroatoms. The molecule has 0 spiro atoms. The summed E-state index contributed by atoms with van der Waals surface area (Å²) >= 11 is 3.11. The van der Waals surface area contributed by atoms with E-state index in [1.54, 1.807) is 0 Å². The Kier molecular flexibility index (Phi) is 3.45. The maximum Gasteiger partial charge on any atom is 0.327 e. The van der Waals surface area contributed by atoms with Crippen molar-refractivity contribution < 1.29 is 20.1 Å². The normalized spacial score (nSPS) is 29.3. The summed E-state index contributed by atoms with van der Waals surface area (Å²) in [7, 11) is 0. The molecule has 10 nitrogen and oxygen atoms in total. The Morgan fingerprint density at radius 2 is 2.00 bits per heavy atom. The third-order valence-electron chi connectivity index (χ3n) is 3.31. The quantitative estimate of drug-likeness (QED) is 0.379. The van der Waals surface area contributed by atoms with Crippen molar-refractivity contribution in [2.75, 3.05) is 6.61 Å². The molecule has 3 rings (SSSR count). The van der Waals surface area contributed by atoms with Crippen molar-refractivity contribution in [2.24, 2.45) is 0 Å². The van der Waals surface area contributed by atoms with E-state index in [4.69, 9.17) is 9.84 Å². The summed E-state index contributed by atoms with van der Waals surface area (Å²) in [5, 5.41) is 28.9. The van der Waals surface area contributed by atoms with Crippen LogP contribution < -0.4 is 11.2 Å². The van der Waals surface area contributed by atoms with E-state index in [1.807, 2.05) is 4.98 Å². The van der Waals surface area contributed by atoms with Gasteiger partial charge in [-0.15, -0.1) is 0 Å². The fourth-order valence-electron chi connectivity index (χ4n) is 2.31. The summed E-state index contributed by atoms with van der Waals surface area (Å²) in [4.78, 5) is 31.4. The third kappa shape index (κ3) is 2.13. The number of aromatic nitrogens is 4. The fourth-order valence-corrected chi connectivity index (χ4v) is 2.87. The number of aliphatic hydroxyl groups is 3. The number of H-pyrrole nitrogens is 2. The highest BCUT2D eigenvalue weighted by atomic mass is 79.9. The van der Waals surface area contributed by atoms with Crippen LogP contribution in [-0.2, 0) is 4.74 Å². The SMILES string of the molecule is O=c1[nH]c(=O)c2nc(Br)n([C@@H]3O[C@@H](CO)[C@@H](O)[C@@H]3O)c2[nH]1. The zero-order valence-electron chi connectivity index (χ0n) is 10.4. The first-order chi connectivity index (χ1) is 9.93. The van der Waals surface area contributed by atoms with Crippen LogP contribution in [0.5, 0.6) is 0 Å². The van der Waals surface area contributed by atoms with Gasteiger partial charge >= 0.3 is 5.69 Å². The van der Waals surface area contributed by atoms with Crippen LogP contribution >= 0.6 is 15.9 Å². The van der Waals surface area contributed by atoms with Crippen molar-refractivity contribution in [3.8, 4) is 0 Å². The Bertz CT molecular complexity index is 797. The second-order valence-corrected chi connectivity index (χ2v) is 5.29. The monoisotopic (exact) mass is 362 g/mol. The molecule has 1 fully saturated rings. The van der Waals surface area contributed by atoms with Gasteiger partial charge in [0.2, 0.25) is 0 Å². The van der Waals surface area contributed by atoms with Crippen LogP contribution in [0.4, 0.5) is 0 Å². The Hall–Kier alpha value is -1.53. The molecular formula is C10H11BrN4O6. The lowest BCUT2D eigenvalue weighted by Crippen LogP contribution is -2.33. The van der Waals surface area contributed by atoms with Crippen LogP contribution in [0.1, 0.15) is 6.23 Å². The number of halogens is 1. The average molecular weight is 363 g/mol. The first-order valence-electron chi connectivity index (χ1n) is 5.96. The number of hydrogen-bond acceptors (Lipinski definition) is 7. The smallest absolute Gasteiger partial charge is 0.327 e. The molecule has 1 aliphatic heterocycles. The van der Waals surface area contributed by atoms with Gasteiger partial charge in [-0.3, -0.25) is 19.3 Å². The van der Waals surface area contributed by atoms with Gasteiger partial charge in [-0.1, -0.05) is 0 Å². The van der Waals surface area contributed by atoms with Crippen molar-refractivity contribution in [1.82, 2.24) is 19.5 Å². The average Bonchev–Trinajstić information content (AvgIpc) is 2.89. The van der Waals surface area contributed by atoms with Gasteiger partial charge in [0, 0.05) is 0 Å². The maximum atomic E-state index is 11.7. The maximum absolute atomic E-state index is 11.7. The highest BCUT2D eigenvalue weighted by Gasteiger charge is 2.44. The van der Waals surface area contributed by atoms with E-state index < -0.39 is 42.4 Å².